The molecule has 33 heavy (non-hydrogen) atoms. The van der Waals surface area contributed by atoms with Gasteiger partial charge in [0.05, 0.1) is 0 Å². The maximum absolute atomic E-state index is 9.81. The van der Waals surface area contributed by atoms with E-state index in [0.717, 1.165) is 29.6 Å². The molecular formula is C31H50O2. The lowest BCUT2D eigenvalue weighted by atomic mass is 9.67. The number of rotatable bonds is 9. The Balaban J connectivity index is 1.24. The van der Waals surface area contributed by atoms with Gasteiger partial charge in [-0.15, -0.1) is 0 Å². The molecule has 0 amide bonds. The van der Waals surface area contributed by atoms with Gasteiger partial charge in [0, 0.05) is 0 Å². The number of hydrogen-bond donors (Lipinski definition) is 1. The van der Waals surface area contributed by atoms with Crippen LogP contribution in [0.1, 0.15) is 140 Å². The molecule has 0 radical (unpaired) electrons. The lowest BCUT2D eigenvalue weighted by Crippen LogP contribution is -2.28. The molecule has 0 aromatic heterocycles. The Morgan fingerprint density at radius 1 is 0.788 bits per heavy atom. The highest BCUT2D eigenvalue weighted by atomic mass is 17.1. The molecule has 3 aliphatic carbocycles. The molecule has 1 unspecified atom stereocenters. The van der Waals surface area contributed by atoms with E-state index in [1.165, 1.54) is 114 Å². The number of benzene rings is 1. The molecule has 1 N–H and O–H groups in total. The van der Waals surface area contributed by atoms with Crippen molar-refractivity contribution in [3.63, 3.8) is 0 Å². The van der Waals surface area contributed by atoms with Crippen molar-refractivity contribution < 1.29 is 10.1 Å². The predicted octanol–water partition coefficient (Wildman–Crippen LogP) is 9.70. The van der Waals surface area contributed by atoms with E-state index in [1.807, 2.05) is 0 Å². The van der Waals surface area contributed by atoms with Gasteiger partial charge < -0.3 is 0 Å². The molecule has 0 aliphatic heterocycles. The molecule has 1 aromatic carbocycles. The Labute approximate surface area is 203 Å². The summed E-state index contributed by atoms with van der Waals surface area (Å²) in [7, 11) is 0. The van der Waals surface area contributed by atoms with E-state index in [4.69, 9.17) is 4.89 Å². The van der Waals surface area contributed by atoms with Crippen LogP contribution in [0.2, 0.25) is 0 Å². The van der Waals surface area contributed by atoms with Crippen LogP contribution in [-0.2, 0) is 4.89 Å². The molecule has 3 aliphatic rings. The van der Waals surface area contributed by atoms with Gasteiger partial charge in [0.1, 0.15) is 6.10 Å². The molecule has 0 saturated heterocycles. The van der Waals surface area contributed by atoms with E-state index in [-0.39, 0.29) is 6.10 Å². The first-order valence-electron chi connectivity index (χ1n) is 14.6. The van der Waals surface area contributed by atoms with Gasteiger partial charge in [0.15, 0.2) is 0 Å². The van der Waals surface area contributed by atoms with Crippen molar-refractivity contribution in [2.45, 2.75) is 129 Å². The smallest absolute Gasteiger partial charge is 0.120 e. The SMILES string of the molecule is CCCCCC1CCC(C2CCC(C(OO)c3ccc(C4CCC(C)CC4)cc3)CC2)CC1. The van der Waals surface area contributed by atoms with Crippen LogP contribution in [-0.4, -0.2) is 5.26 Å². The van der Waals surface area contributed by atoms with Crippen molar-refractivity contribution in [3.8, 4) is 0 Å². The minimum absolute atomic E-state index is 0.152. The third-order valence-corrected chi connectivity index (χ3v) is 9.88. The zero-order chi connectivity index (χ0) is 23.0. The molecule has 1 atom stereocenters. The van der Waals surface area contributed by atoms with Crippen LogP contribution >= 0.6 is 0 Å². The summed E-state index contributed by atoms with van der Waals surface area (Å²) in [6.07, 6.45) is 21.8. The quantitative estimate of drug-likeness (QED) is 0.228. The summed E-state index contributed by atoms with van der Waals surface area (Å²) in [5.74, 6) is 4.95. The molecule has 2 nitrogen and oxygen atoms in total. The zero-order valence-electron chi connectivity index (χ0n) is 21.5. The van der Waals surface area contributed by atoms with Crippen LogP contribution in [0.5, 0.6) is 0 Å². The summed E-state index contributed by atoms with van der Waals surface area (Å²) in [5, 5.41) is 9.81. The summed E-state index contributed by atoms with van der Waals surface area (Å²) in [5.41, 5.74) is 2.65. The van der Waals surface area contributed by atoms with E-state index in [0.29, 0.717) is 5.92 Å². The lowest BCUT2D eigenvalue weighted by molar-refractivity contribution is -0.296. The highest BCUT2D eigenvalue weighted by Crippen LogP contribution is 2.45. The van der Waals surface area contributed by atoms with Gasteiger partial charge in [-0.2, -0.15) is 0 Å². The first-order valence-corrected chi connectivity index (χ1v) is 14.6. The topological polar surface area (TPSA) is 29.5 Å². The zero-order valence-corrected chi connectivity index (χ0v) is 21.5. The average Bonchev–Trinajstić information content (AvgIpc) is 2.87. The Morgan fingerprint density at radius 3 is 1.97 bits per heavy atom. The average molecular weight is 455 g/mol. The van der Waals surface area contributed by atoms with Gasteiger partial charge in [0.25, 0.3) is 0 Å². The summed E-state index contributed by atoms with van der Waals surface area (Å²) in [4.78, 5) is 5.12. The predicted molar refractivity (Wildman–Crippen MR) is 138 cm³/mol. The van der Waals surface area contributed by atoms with Gasteiger partial charge in [-0.1, -0.05) is 89.5 Å². The van der Waals surface area contributed by atoms with Crippen molar-refractivity contribution in [1.29, 1.82) is 0 Å². The minimum Gasteiger partial charge on any atom is -0.251 e. The van der Waals surface area contributed by atoms with Gasteiger partial charge in [0.2, 0.25) is 0 Å². The van der Waals surface area contributed by atoms with Crippen LogP contribution in [0.3, 0.4) is 0 Å². The van der Waals surface area contributed by atoms with Crippen LogP contribution in [0.4, 0.5) is 0 Å². The second kappa shape index (κ2) is 12.7. The molecule has 4 rings (SSSR count). The lowest BCUT2D eigenvalue weighted by Gasteiger charge is -2.39. The van der Waals surface area contributed by atoms with E-state index in [9.17, 15) is 5.26 Å². The first-order chi connectivity index (χ1) is 16.2. The van der Waals surface area contributed by atoms with Crippen molar-refractivity contribution in [1.82, 2.24) is 0 Å². The van der Waals surface area contributed by atoms with Crippen molar-refractivity contribution >= 4 is 0 Å². The molecule has 0 heterocycles. The second-order valence-corrected chi connectivity index (χ2v) is 12.1. The van der Waals surface area contributed by atoms with Crippen molar-refractivity contribution in [2.24, 2.45) is 29.6 Å². The van der Waals surface area contributed by atoms with E-state index >= 15 is 0 Å². The van der Waals surface area contributed by atoms with Gasteiger partial charge in [-0.05, 0) is 98.0 Å². The first kappa shape index (κ1) is 25.2. The summed E-state index contributed by atoms with van der Waals surface area (Å²) >= 11 is 0. The summed E-state index contributed by atoms with van der Waals surface area (Å²) in [6.45, 7) is 4.70. The largest absolute Gasteiger partial charge is 0.251 e. The Hall–Kier alpha value is -0.860. The Bertz CT molecular complexity index is 659. The third-order valence-electron chi connectivity index (χ3n) is 9.88. The van der Waals surface area contributed by atoms with E-state index in [2.05, 4.69) is 38.1 Å². The van der Waals surface area contributed by atoms with Crippen molar-refractivity contribution in [2.75, 3.05) is 0 Å². The van der Waals surface area contributed by atoms with Crippen LogP contribution in [0.25, 0.3) is 0 Å². The van der Waals surface area contributed by atoms with Crippen molar-refractivity contribution in [3.05, 3.63) is 35.4 Å². The fraction of sp³-hybridized carbons (Fsp3) is 0.806. The maximum Gasteiger partial charge on any atom is 0.120 e. The molecule has 186 valence electrons. The van der Waals surface area contributed by atoms with E-state index < -0.39 is 0 Å². The van der Waals surface area contributed by atoms with Gasteiger partial charge in [-0.3, -0.25) is 5.26 Å². The van der Waals surface area contributed by atoms with Crippen LogP contribution < -0.4 is 0 Å². The maximum atomic E-state index is 9.81. The Morgan fingerprint density at radius 2 is 1.39 bits per heavy atom. The normalized spacial score (nSPS) is 34.2. The second-order valence-electron chi connectivity index (χ2n) is 12.1. The summed E-state index contributed by atoms with van der Waals surface area (Å²) in [6, 6.07) is 9.10. The number of hydrogen-bond acceptors (Lipinski definition) is 2. The van der Waals surface area contributed by atoms with Crippen LogP contribution in [0.15, 0.2) is 24.3 Å². The Kier molecular flexibility index (Phi) is 9.74. The minimum atomic E-state index is -0.152. The molecule has 3 saturated carbocycles. The fourth-order valence-electron chi connectivity index (χ4n) is 7.52. The van der Waals surface area contributed by atoms with Gasteiger partial charge >= 0.3 is 0 Å². The molecule has 1 aromatic rings. The summed E-state index contributed by atoms with van der Waals surface area (Å²) < 4.78 is 0. The monoisotopic (exact) mass is 454 g/mol. The molecular weight excluding hydrogens is 404 g/mol. The molecule has 0 bridgehead atoms. The molecule has 2 heteroatoms. The van der Waals surface area contributed by atoms with Gasteiger partial charge in [-0.25, -0.2) is 4.89 Å². The molecule has 3 fully saturated rings. The van der Waals surface area contributed by atoms with Crippen LogP contribution in [0, 0.1) is 29.6 Å². The third kappa shape index (κ3) is 6.85. The highest BCUT2D eigenvalue weighted by Gasteiger charge is 2.34. The fourth-order valence-corrected chi connectivity index (χ4v) is 7.52. The standard InChI is InChI=1S/C31H50O2/c1-3-4-5-6-24-9-13-26(14-10-24)28-17-21-30(22-18-28)31(33-32)29-19-15-27(16-20-29)25-11-7-23(2)8-12-25/h15-16,19-20,23-26,28,30-32H,3-14,17-18,21-22H2,1-2H3. The molecule has 0 spiro atoms. The highest BCUT2D eigenvalue weighted by molar-refractivity contribution is 5.27. The van der Waals surface area contributed by atoms with E-state index in [1.54, 1.807) is 0 Å². The number of unbranched alkanes of at least 4 members (excludes halogenated alkanes) is 2.